The maximum atomic E-state index is 6.05. The molecule has 0 spiro atoms. The molecule has 0 aliphatic carbocycles. The highest BCUT2D eigenvalue weighted by atomic mass is 16.5. The van der Waals surface area contributed by atoms with E-state index in [4.69, 9.17) is 15.2 Å². The summed E-state index contributed by atoms with van der Waals surface area (Å²) in [7, 11) is 3.23. The lowest BCUT2D eigenvalue weighted by Gasteiger charge is -2.40. The summed E-state index contributed by atoms with van der Waals surface area (Å²) >= 11 is 0. The van der Waals surface area contributed by atoms with E-state index in [1.807, 2.05) is 18.2 Å². The van der Waals surface area contributed by atoms with Crippen molar-refractivity contribution in [1.29, 1.82) is 0 Å². The summed E-state index contributed by atoms with van der Waals surface area (Å²) in [5.74, 6) is 1.75. The molecule has 2 rings (SSSR count). The zero-order chi connectivity index (χ0) is 17.6. The normalized spacial score (nSPS) is 16.8. The van der Waals surface area contributed by atoms with Crippen molar-refractivity contribution in [3.05, 3.63) is 18.2 Å². The Kier molecular flexibility index (Phi) is 6.31. The summed E-state index contributed by atoms with van der Waals surface area (Å²) in [4.78, 5) is 7.04. The van der Waals surface area contributed by atoms with E-state index in [1.54, 1.807) is 14.2 Å². The van der Waals surface area contributed by atoms with Gasteiger partial charge in [0.1, 0.15) is 0 Å². The molecule has 0 atom stereocenters. The quantitative estimate of drug-likeness (QED) is 0.618. The molecule has 6 heteroatoms. The van der Waals surface area contributed by atoms with Crippen LogP contribution in [0, 0.1) is 0 Å². The van der Waals surface area contributed by atoms with Gasteiger partial charge >= 0.3 is 0 Å². The number of aliphatic imine (C=N–C) groups is 1. The van der Waals surface area contributed by atoms with Crippen LogP contribution in [-0.2, 0) is 0 Å². The van der Waals surface area contributed by atoms with Gasteiger partial charge in [-0.05, 0) is 51.9 Å². The third-order valence-electron chi connectivity index (χ3n) is 4.50. The largest absolute Gasteiger partial charge is 0.493 e. The maximum Gasteiger partial charge on any atom is 0.193 e. The average Bonchev–Trinajstić information content (AvgIpc) is 2.60. The molecule has 0 bridgehead atoms. The number of hydrogen-bond donors (Lipinski definition) is 2. The first-order valence-electron chi connectivity index (χ1n) is 8.50. The van der Waals surface area contributed by atoms with Crippen LogP contribution in [-0.4, -0.2) is 50.3 Å². The molecule has 1 aliphatic rings. The predicted octanol–water partition coefficient (Wildman–Crippen LogP) is 2.69. The van der Waals surface area contributed by atoms with Gasteiger partial charge in [0.15, 0.2) is 17.5 Å². The molecular weight excluding hydrogens is 304 g/mol. The van der Waals surface area contributed by atoms with Crippen molar-refractivity contribution < 1.29 is 9.47 Å². The monoisotopic (exact) mass is 334 g/mol. The van der Waals surface area contributed by atoms with Crippen LogP contribution in [0.2, 0.25) is 0 Å². The van der Waals surface area contributed by atoms with Gasteiger partial charge in [-0.1, -0.05) is 6.42 Å². The second-order valence-electron chi connectivity index (χ2n) is 6.76. The molecule has 1 saturated heterocycles. The third kappa shape index (κ3) is 4.77. The summed E-state index contributed by atoms with van der Waals surface area (Å²) in [6.45, 7) is 7.41. The van der Waals surface area contributed by atoms with Crippen LogP contribution in [0.4, 0.5) is 5.69 Å². The summed E-state index contributed by atoms with van der Waals surface area (Å²) < 4.78 is 10.5. The van der Waals surface area contributed by atoms with E-state index in [0.717, 1.165) is 18.8 Å². The van der Waals surface area contributed by atoms with Crippen LogP contribution >= 0.6 is 0 Å². The zero-order valence-electron chi connectivity index (χ0n) is 15.3. The third-order valence-corrected chi connectivity index (χ3v) is 4.50. The van der Waals surface area contributed by atoms with Crippen molar-refractivity contribution in [2.45, 2.75) is 38.6 Å². The SMILES string of the molecule is COc1ccc(NC(N)=NCC(C)(C)N2CCCCC2)cc1OC. The first-order valence-corrected chi connectivity index (χ1v) is 8.50. The highest BCUT2D eigenvalue weighted by Crippen LogP contribution is 2.29. The van der Waals surface area contributed by atoms with E-state index in [-0.39, 0.29) is 5.54 Å². The standard InChI is InChI=1S/C18H30N4O2/c1-18(2,22-10-6-5-7-11-22)13-20-17(19)21-14-8-9-15(23-3)16(12-14)24-4/h8-9,12H,5-7,10-11,13H2,1-4H3,(H3,19,20,21). The van der Waals surface area contributed by atoms with Crippen molar-refractivity contribution in [3.8, 4) is 11.5 Å². The molecule has 0 amide bonds. The molecular formula is C18H30N4O2. The number of likely N-dealkylation sites (tertiary alicyclic amines) is 1. The minimum absolute atomic E-state index is 0.0182. The van der Waals surface area contributed by atoms with Gasteiger partial charge in [0.2, 0.25) is 0 Å². The van der Waals surface area contributed by atoms with Gasteiger partial charge in [0.25, 0.3) is 0 Å². The molecule has 24 heavy (non-hydrogen) atoms. The fourth-order valence-corrected chi connectivity index (χ4v) is 2.98. The van der Waals surface area contributed by atoms with Crippen LogP contribution in [0.3, 0.4) is 0 Å². The fraction of sp³-hybridized carbons (Fsp3) is 0.611. The molecule has 0 saturated carbocycles. The highest BCUT2D eigenvalue weighted by Gasteiger charge is 2.27. The number of methoxy groups -OCH3 is 2. The van der Waals surface area contributed by atoms with Gasteiger partial charge in [0, 0.05) is 17.3 Å². The summed E-state index contributed by atoms with van der Waals surface area (Å²) in [5, 5.41) is 3.12. The number of rotatable bonds is 6. The Balaban J connectivity index is 1.98. The Morgan fingerprint density at radius 3 is 2.46 bits per heavy atom. The van der Waals surface area contributed by atoms with Crippen molar-refractivity contribution in [2.24, 2.45) is 10.7 Å². The predicted molar refractivity (Wildman–Crippen MR) is 99.2 cm³/mol. The fourth-order valence-electron chi connectivity index (χ4n) is 2.98. The van der Waals surface area contributed by atoms with Crippen molar-refractivity contribution in [2.75, 3.05) is 39.2 Å². The minimum atomic E-state index is 0.0182. The second-order valence-corrected chi connectivity index (χ2v) is 6.76. The Morgan fingerprint density at radius 2 is 1.83 bits per heavy atom. The lowest BCUT2D eigenvalue weighted by molar-refractivity contribution is 0.102. The molecule has 0 radical (unpaired) electrons. The Morgan fingerprint density at radius 1 is 1.17 bits per heavy atom. The first kappa shape index (κ1) is 18.4. The van der Waals surface area contributed by atoms with Gasteiger partial charge in [-0.2, -0.15) is 0 Å². The Hall–Kier alpha value is -1.95. The number of ether oxygens (including phenoxy) is 2. The van der Waals surface area contributed by atoms with Crippen molar-refractivity contribution >= 4 is 11.6 Å². The molecule has 1 heterocycles. The van der Waals surface area contributed by atoms with Crippen molar-refractivity contribution in [3.63, 3.8) is 0 Å². The van der Waals surface area contributed by atoms with E-state index < -0.39 is 0 Å². The molecule has 1 aromatic rings. The first-order chi connectivity index (χ1) is 11.5. The van der Waals surface area contributed by atoms with Crippen LogP contribution in [0.15, 0.2) is 23.2 Å². The molecule has 1 aliphatic heterocycles. The summed E-state index contributed by atoms with van der Waals surface area (Å²) in [6, 6.07) is 5.57. The molecule has 0 unspecified atom stereocenters. The maximum absolute atomic E-state index is 6.05. The van der Waals surface area contributed by atoms with Crippen LogP contribution in [0.1, 0.15) is 33.1 Å². The van der Waals surface area contributed by atoms with E-state index in [9.17, 15) is 0 Å². The number of hydrogen-bond acceptors (Lipinski definition) is 4. The van der Waals surface area contributed by atoms with Gasteiger partial charge in [-0.3, -0.25) is 9.89 Å². The Labute approximate surface area is 145 Å². The van der Waals surface area contributed by atoms with E-state index in [0.29, 0.717) is 24.0 Å². The number of nitrogens with one attached hydrogen (secondary N) is 1. The number of anilines is 1. The number of nitrogens with two attached hydrogens (primary N) is 1. The minimum Gasteiger partial charge on any atom is -0.493 e. The molecule has 0 aromatic heterocycles. The van der Waals surface area contributed by atoms with Gasteiger partial charge in [0.05, 0.1) is 20.8 Å². The van der Waals surface area contributed by atoms with Crippen molar-refractivity contribution in [1.82, 2.24) is 4.90 Å². The summed E-state index contributed by atoms with van der Waals surface area (Å²) in [5.41, 5.74) is 6.89. The summed E-state index contributed by atoms with van der Waals surface area (Å²) in [6.07, 6.45) is 3.87. The molecule has 134 valence electrons. The molecule has 1 fully saturated rings. The van der Waals surface area contributed by atoms with Gasteiger partial charge in [-0.25, -0.2) is 0 Å². The number of nitrogens with zero attached hydrogens (tertiary/aromatic N) is 2. The second kappa shape index (κ2) is 8.24. The number of guanidine groups is 1. The smallest absolute Gasteiger partial charge is 0.193 e. The highest BCUT2D eigenvalue weighted by molar-refractivity contribution is 5.92. The topological polar surface area (TPSA) is 72.1 Å². The molecule has 3 N–H and O–H groups in total. The van der Waals surface area contributed by atoms with Crippen LogP contribution in [0.25, 0.3) is 0 Å². The number of piperidine rings is 1. The van der Waals surface area contributed by atoms with Crippen LogP contribution < -0.4 is 20.5 Å². The lowest BCUT2D eigenvalue weighted by Crippen LogP contribution is -2.49. The zero-order valence-corrected chi connectivity index (χ0v) is 15.3. The Bertz CT molecular complexity index is 566. The van der Waals surface area contributed by atoms with Gasteiger partial charge < -0.3 is 20.5 Å². The van der Waals surface area contributed by atoms with Gasteiger partial charge in [-0.15, -0.1) is 0 Å². The average molecular weight is 334 g/mol. The van der Waals surface area contributed by atoms with E-state index in [2.05, 4.69) is 29.1 Å². The molecule has 6 nitrogen and oxygen atoms in total. The van der Waals surface area contributed by atoms with E-state index in [1.165, 1.54) is 19.3 Å². The van der Waals surface area contributed by atoms with E-state index >= 15 is 0 Å². The van der Waals surface area contributed by atoms with Crippen LogP contribution in [0.5, 0.6) is 11.5 Å². The number of benzene rings is 1. The molecule has 1 aromatic carbocycles. The lowest BCUT2D eigenvalue weighted by atomic mass is 9.99.